The lowest BCUT2D eigenvalue weighted by Gasteiger charge is -2.45. The van der Waals surface area contributed by atoms with Gasteiger partial charge in [-0.3, -0.25) is 20.0 Å². The first-order chi connectivity index (χ1) is 12.5. The Labute approximate surface area is 149 Å². The lowest BCUT2D eigenvalue weighted by molar-refractivity contribution is -0.383. The molecule has 9 nitrogen and oxygen atoms in total. The van der Waals surface area contributed by atoms with E-state index in [1.165, 1.54) is 6.07 Å². The van der Waals surface area contributed by atoms with Crippen LogP contribution >= 0.6 is 0 Å². The first-order valence-corrected chi connectivity index (χ1v) is 8.53. The normalized spacial score (nSPS) is 19.3. The molecule has 2 aliphatic rings. The van der Waals surface area contributed by atoms with Gasteiger partial charge >= 0.3 is 0 Å². The van der Waals surface area contributed by atoms with E-state index in [4.69, 9.17) is 11.5 Å². The Bertz CT molecular complexity index is 947. The van der Waals surface area contributed by atoms with Crippen LogP contribution < -0.4 is 16.4 Å². The summed E-state index contributed by atoms with van der Waals surface area (Å²) in [7, 11) is 0. The molecular formula is C17H19N7O2. The molecule has 0 atom stereocenters. The SMILES string of the molecule is NC1=NC2(CCCCC2)N(c2ccc([N+](=O)[O-])c3ccncc23)C(N)=N1. The Morgan fingerprint density at radius 1 is 1.12 bits per heavy atom. The second-order valence-corrected chi connectivity index (χ2v) is 6.60. The van der Waals surface area contributed by atoms with E-state index in [1.54, 1.807) is 24.5 Å². The van der Waals surface area contributed by atoms with Crippen LogP contribution in [0.1, 0.15) is 32.1 Å². The molecule has 0 bridgehead atoms. The second kappa shape index (κ2) is 5.94. The number of hydrogen-bond donors (Lipinski definition) is 2. The van der Waals surface area contributed by atoms with E-state index >= 15 is 0 Å². The number of aromatic nitrogens is 1. The molecule has 1 saturated carbocycles. The number of fused-ring (bicyclic) bond motifs is 1. The number of nitro benzene ring substituents is 1. The van der Waals surface area contributed by atoms with Gasteiger partial charge in [0.1, 0.15) is 5.66 Å². The van der Waals surface area contributed by atoms with Crippen LogP contribution in [0.3, 0.4) is 0 Å². The quantitative estimate of drug-likeness (QED) is 0.627. The molecule has 1 aromatic heterocycles. The van der Waals surface area contributed by atoms with E-state index in [1.807, 2.05) is 4.90 Å². The average molecular weight is 353 g/mol. The van der Waals surface area contributed by atoms with Gasteiger partial charge in [0.2, 0.25) is 11.9 Å². The molecule has 134 valence electrons. The monoisotopic (exact) mass is 353 g/mol. The van der Waals surface area contributed by atoms with E-state index in [0.717, 1.165) is 32.1 Å². The second-order valence-electron chi connectivity index (χ2n) is 6.60. The Morgan fingerprint density at radius 3 is 2.62 bits per heavy atom. The topological polar surface area (TPSA) is 136 Å². The zero-order valence-electron chi connectivity index (χ0n) is 14.1. The molecule has 26 heavy (non-hydrogen) atoms. The summed E-state index contributed by atoms with van der Waals surface area (Å²) in [4.78, 5) is 25.8. The van der Waals surface area contributed by atoms with Crippen molar-refractivity contribution in [1.29, 1.82) is 0 Å². The van der Waals surface area contributed by atoms with Gasteiger partial charge in [-0.2, -0.15) is 4.99 Å². The van der Waals surface area contributed by atoms with Crippen molar-refractivity contribution < 1.29 is 4.92 Å². The number of pyridine rings is 1. The number of rotatable bonds is 2. The van der Waals surface area contributed by atoms with Crippen molar-refractivity contribution in [2.24, 2.45) is 21.5 Å². The summed E-state index contributed by atoms with van der Waals surface area (Å²) >= 11 is 0. The highest BCUT2D eigenvalue weighted by molar-refractivity contribution is 6.11. The molecule has 1 aliphatic carbocycles. The third-order valence-corrected chi connectivity index (χ3v) is 5.06. The number of anilines is 1. The zero-order chi connectivity index (χ0) is 18.3. The maximum atomic E-state index is 11.4. The van der Waals surface area contributed by atoms with Crippen molar-refractivity contribution in [1.82, 2.24) is 4.98 Å². The van der Waals surface area contributed by atoms with E-state index in [-0.39, 0.29) is 17.6 Å². The highest BCUT2D eigenvalue weighted by Crippen LogP contribution is 2.42. The molecule has 1 fully saturated rings. The van der Waals surface area contributed by atoms with Crippen molar-refractivity contribution in [3.05, 3.63) is 40.7 Å². The van der Waals surface area contributed by atoms with Crippen LogP contribution in [0.4, 0.5) is 11.4 Å². The summed E-state index contributed by atoms with van der Waals surface area (Å²) in [5.74, 6) is 0.420. The van der Waals surface area contributed by atoms with Crippen LogP contribution in [0, 0.1) is 10.1 Å². The van der Waals surface area contributed by atoms with Crippen molar-refractivity contribution in [3.63, 3.8) is 0 Å². The average Bonchev–Trinajstić information content (AvgIpc) is 2.61. The summed E-state index contributed by atoms with van der Waals surface area (Å²) in [6.45, 7) is 0. The van der Waals surface area contributed by atoms with Crippen molar-refractivity contribution in [2.45, 2.75) is 37.8 Å². The van der Waals surface area contributed by atoms with Gasteiger partial charge in [0.05, 0.1) is 16.0 Å². The number of benzene rings is 1. The summed E-state index contributed by atoms with van der Waals surface area (Å²) in [5.41, 5.74) is 12.3. The van der Waals surface area contributed by atoms with Crippen LogP contribution in [0.2, 0.25) is 0 Å². The van der Waals surface area contributed by atoms with Gasteiger partial charge < -0.3 is 11.5 Å². The summed E-state index contributed by atoms with van der Waals surface area (Å²) in [6.07, 6.45) is 7.88. The van der Waals surface area contributed by atoms with Gasteiger partial charge in [0.25, 0.3) is 5.69 Å². The lowest BCUT2D eigenvalue weighted by atomic mass is 9.87. The molecule has 1 aromatic carbocycles. The standard InChI is InChI=1S/C17H19N7O2/c18-15-21-16(19)23(17(22-15)7-2-1-3-8-17)13-4-5-14(24(25)26)11-6-9-20-10-12(11)13/h4-6,9-10H,1-3,7-8H2,(H4,18,19,21,22). The molecule has 1 spiro atoms. The van der Waals surface area contributed by atoms with Gasteiger partial charge in [-0.05, 0) is 37.8 Å². The van der Waals surface area contributed by atoms with Crippen LogP contribution in [-0.2, 0) is 0 Å². The Kier molecular flexibility index (Phi) is 3.71. The number of hydrogen-bond acceptors (Lipinski definition) is 8. The molecule has 0 radical (unpaired) electrons. The molecule has 1 aliphatic heterocycles. The molecular weight excluding hydrogens is 334 g/mol. The molecule has 0 saturated heterocycles. The molecule has 9 heteroatoms. The molecule has 0 amide bonds. The minimum Gasteiger partial charge on any atom is -0.369 e. The predicted molar refractivity (Wildman–Crippen MR) is 99.9 cm³/mol. The first kappa shape index (κ1) is 16.2. The van der Waals surface area contributed by atoms with Crippen LogP contribution in [0.25, 0.3) is 10.8 Å². The lowest BCUT2D eigenvalue weighted by Crippen LogP contribution is -2.58. The van der Waals surface area contributed by atoms with Crippen molar-refractivity contribution >= 4 is 34.1 Å². The molecule has 0 unspecified atom stereocenters. The van der Waals surface area contributed by atoms with Crippen LogP contribution in [0.5, 0.6) is 0 Å². The van der Waals surface area contributed by atoms with E-state index in [9.17, 15) is 10.1 Å². The summed E-state index contributed by atoms with van der Waals surface area (Å²) in [5, 5.41) is 12.5. The summed E-state index contributed by atoms with van der Waals surface area (Å²) in [6, 6.07) is 4.82. The largest absolute Gasteiger partial charge is 0.369 e. The van der Waals surface area contributed by atoms with Crippen LogP contribution in [0.15, 0.2) is 40.6 Å². The minimum atomic E-state index is -0.604. The number of nitrogens with two attached hydrogens (primary N) is 2. The maximum absolute atomic E-state index is 11.4. The molecule has 4 N–H and O–H groups in total. The highest BCUT2D eigenvalue weighted by atomic mass is 16.6. The fourth-order valence-corrected chi connectivity index (χ4v) is 3.98. The Hall–Kier alpha value is -3.23. The van der Waals surface area contributed by atoms with Gasteiger partial charge in [-0.25, -0.2) is 4.99 Å². The van der Waals surface area contributed by atoms with E-state index in [0.29, 0.717) is 16.5 Å². The van der Waals surface area contributed by atoms with E-state index < -0.39 is 10.6 Å². The fraction of sp³-hybridized carbons (Fsp3) is 0.353. The van der Waals surface area contributed by atoms with Gasteiger partial charge in [-0.15, -0.1) is 0 Å². The number of non-ortho nitro benzene ring substituents is 1. The smallest absolute Gasteiger partial charge is 0.277 e. The van der Waals surface area contributed by atoms with Gasteiger partial charge in [-0.1, -0.05) is 6.42 Å². The Morgan fingerprint density at radius 2 is 1.88 bits per heavy atom. The number of aliphatic imine (C=N–C) groups is 2. The van der Waals surface area contributed by atoms with Crippen molar-refractivity contribution in [3.8, 4) is 0 Å². The van der Waals surface area contributed by atoms with Crippen LogP contribution in [-0.4, -0.2) is 27.5 Å². The zero-order valence-corrected chi connectivity index (χ0v) is 14.1. The fourth-order valence-electron chi connectivity index (χ4n) is 3.98. The minimum absolute atomic E-state index is 0.0272. The number of nitrogens with zero attached hydrogens (tertiary/aromatic N) is 5. The predicted octanol–water partition coefficient (Wildman–Crippen LogP) is 2.25. The molecule has 2 heterocycles. The third kappa shape index (κ3) is 2.43. The molecule has 4 rings (SSSR count). The summed E-state index contributed by atoms with van der Waals surface area (Å²) < 4.78 is 0. The first-order valence-electron chi connectivity index (χ1n) is 8.53. The van der Waals surface area contributed by atoms with Crippen molar-refractivity contribution in [2.75, 3.05) is 4.90 Å². The molecule has 2 aromatic rings. The van der Waals surface area contributed by atoms with Gasteiger partial charge in [0, 0.05) is 23.8 Å². The number of guanidine groups is 2. The maximum Gasteiger partial charge on any atom is 0.277 e. The van der Waals surface area contributed by atoms with E-state index in [2.05, 4.69) is 15.0 Å². The third-order valence-electron chi connectivity index (χ3n) is 5.06. The number of nitro groups is 1. The Balaban J connectivity index is 1.95. The van der Waals surface area contributed by atoms with Gasteiger partial charge in [0.15, 0.2) is 0 Å². The highest BCUT2D eigenvalue weighted by Gasteiger charge is 2.43.